The summed E-state index contributed by atoms with van der Waals surface area (Å²) >= 11 is 5.92. The van der Waals surface area contributed by atoms with Gasteiger partial charge in [0.15, 0.2) is 5.82 Å². The molecule has 3 aromatic rings. The van der Waals surface area contributed by atoms with Crippen LogP contribution in [0.25, 0.3) is 11.3 Å². The number of nitro benzene ring substituents is 1. The smallest absolute Gasteiger partial charge is 0.270 e. The molecule has 0 N–H and O–H groups in total. The highest BCUT2D eigenvalue weighted by atomic mass is 35.5. The van der Waals surface area contributed by atoms with Crippen molar-refractivity contribution in [3.63, 3.8) is 0 Å². The molecule has 1 saturated heterocycles. The zero-order valence-electron chi connectivity index (χ0n) is 15.9. The van der Waals surface area contributed by atoms with Crippen LogP contribution in [0.15, 0.2) is 60.7 Å². The van der Waals surface area contributed by atoms with Crippen molar-refractivity contribution < 1.29 is 9.72 Å². The van der Waals surface area contributed by atoms with Crippen LogP contribution in [-0.4, -0.2) is 52.1 Å². The van der Waals surface area contributed by atoms with Crippen molar-refractivity contribution in [2.45, 2.75) is 0 Å². The van der Waals surface area contributed by atoms with Gasteiger partial charge in [0.1, 0.15) is 0 Å². The zero-order valence-corrected chi connectivity index (χ0v) is 16.7. The van der Waals surface area contributed by atoms with E-state index in [9.17, 15) is 14.9 Å². The number of piperazine rings is 1. The molecule has 152 valence electrons. The summed E-state index contributed by atoms with van der Waals surface area (Å²) in [5.74, 6) is 0.540. The van der Waals surface area contributed by atoms with Gasteiger partial charge in [0.2, 0.25) is 0 Å². The Morgan fingerprint density at radius 2 is 1.70 bits per heavy atom. The molecule has 0 aliphatic carbocycles. The summed E-state index contributed by atoms with van der Waals surface area (Å²) in [5, 5.41) is 20.2. The lowest BCUT2D eigenvalue weighted by Gasteiger charge is -2.35. The summed E-state index contributed by atoms with van der Waals surface area (Å²) in [5.41, 5.74) is 1.93. The summed E-state index contributed by atoms with van der Waals surface area (Å²) in [6.07, 6.45) is 0. The average molecular weight is 424 g/mol. The van der Waals surface area contributed by atoms with Crippen LogP contribution in [-0.2, 0) is 0 Å². The minimum atomic E-state index is -0.499. The SMILES string of the molecule is O=C(c1cccc([N+](=O)[O-])c1)N1CCN(c2ccc(-c3ccc(Cl)cc3)nn2)CC1. The molecule has 4 rings (SSSR count). The summed E-state index contributed by atoms with van der Waals surface area (Å²) in [7, 11) is 0. The second kappa shape index (κ2) is 8.46. The molecule has 1 aliphatic rings. The number of hydrogen-bond acceptors (Lipinski definition) is 6. The number of hydrogen-bond donors (Lipinski definition) is 0. The summed E-state index contributed by atoms with van der Waals surface area (Å²) in [6, 6.07) is 17.0. The van der Waals surface area contributed by atoms with E-state index in [2.05, 4.69) is 15.1 Å². The van der Waals surface area contributed by atoms with Crippen molar-refractivity contribution in [1.82, 2.24) is 15.1 Å². The van der Waals surface area contributed by atoms with Gasteiger partial charge in [-0.3, -0.25) is 14.9 Å². The van der Waals surface area contributed by atoms with Gasteiger partial charge < -0.3 is 9.80 Å². The standard InChI is InChI=1S/C21H18ClN5O3/c22-17-6-4-15(5-7-17)19-8-9-20(24-23-19)25-10-12-26(13-11-25)21(28)16-2-1-3-18(14-16)27(29)30/h1-9,14H,10-13H2. The van der Waals surface area contributed by atoms with E-state index < -0.39 is 4.92 Å². The molecule has 0 radical (unpaired) electrons. The predicted octanol–water partition coefficient (Wildman–Crippen LogP) is 3.67. The number of non-ortho nitro benzene ring substituents is 1. The maximum absolute atomic E-state index is 12.7. The van der Waals surface area contributed by atoms with Crippen LogP contribution in [0.3, 0.4) is 0 Å². The van der Waals surface area contributed by atoms with Gasteiger partial charge in [-0.15, -0.1) is 10.2 Å². The molecule has 9 heteroatoms. The van der Waals surface area contributed by atoms with E-state index >= 15 is 0 Å². The Labute approximate surface area is 177 Å². The van der Waals surface area contributed by atoms with Crippen molar-refractivity contribution in [1.29, 1.82) is 0 Å². The fourth-order valence-electron chi connectivity index (χ4n) is 3.34. The molecule has 1 amide bonds. The van der Waals surface area contributed by atoms with Crippen LogP contribution < -0.4 is 4.90 Å². The van der Waals surface area contributed by atoms with E-state index in [1.54, 1.807) is 11.0 Å². The maximum Gasteiger partial charge on any atom is 0.270 e. The van der Waals surface area contributed by atoms with Gasteiger partial charge in [0, 0.05) is 54.5 Å². The van der Waals surface area contributed by atoms with Gasteiger partial charge in [-0.1, -0.05) is 29.8 Å². The first-order chi connectivity index (χ1) is 14.5. The normalized spacial score (nSPS) is 13.9. The molecule has 0 unspecified atom stereocenters. The summed E-state index contributed by atoms with van der Waals surface area (Å²) < 4.78 is 0. The number of rotatable bonds is 4. The molecule has 30 heavy (non-hydrogen) atoms. The lowest BCUT2D eigenvalue weighted by Crippen LogP contribution is -2.49. The molecule has 0 bridgehead atoms. The quantitative estimate of drug-likeness (QED) is 0.469. The van der Waals surface area contributed by atoms with E-state index in [1.807, 2.05) is 36.4 Å². The van der Waals surface area contributed by atoms with E-state index in [0.717, 1.165) is 17.1 Å². The van der Waals surface area contributed by atoms with Crippen LogP contribution >= 0.6 is 11.6 Å². The fourth-order valence-corrected chi connectivity index (χ4v) is 3.47. The van der Waals surface area contributed by atoms with Gasteiger partial charge in [-0.2, -0.15) is 0 Å². The second-order valence-electron chi connectivity index (χ2n) is 6.87. The molecule has 1 fully saturated rings. The van der Waals surface area contributed by atoms with E-state index in [1.165, 1.54) is 18.2 Å². The molecule has 1 aromatic heterocycles. The number of amides is 1. The van der Waals surface area contributed by atoms with Crippen molar-refractivity contribution in [3.8, 4) is 11.3 Å². The molecule has 0 spiro atoms. The topological polar surface area (TPSA) is 92.5 Å². The fraction of sp³-hybridized carbons (Fsp3) is 0.190. The van der Waals surface area contributed by atoms with Crippen LogP contribution in [0.2, 0.25) is 5.02 Å². The van der Waals surface area contributed by atoms with Gasteiger partial charge in [0.05, 0.1) is 10.6 Å². The molecule has 8 nitrogen and oxygen atoms in total. The monoisotopic (exact) mass is 423 g/mol. The molecular formula is C21H18ClN5O3. The Balaban J connectivity index is 1.39. The molecule has 1 aliphatic heterocycles. The van der Waals surface area contributed by atoms with Gasteiger partial charge in [-0.25, -0.2) is 0 Å². The highest BCUT2D eigenvalue weighted by molar-refractivity contribution is 6.30. The highest BCUT2D eigenvalue weighted by Crippen LogP contribution is 2.22. The number of nitrogens with zero attached hydrogens (tertiary/aromatic N) is 5. The Bertz CT molecular complexity index is 1060. The predicted molar refractivity (Wildman–Crippen MR) is 114 cm³/mol. The molecule has 0 saturated carbocycles. The van der Waals surface area contributed by atoms with E-state index in [0.29, 0.717) is 36.8 Å². The summed E-state index contributed by atoms with van der Waals surface area (Å²) in [4.78, 5) is 26.9. The first-order valence-electron chi connectivity index (χ1n) is 9.39. The minimum Gasteiger partial charge on any atom is -0.352 e. The van der Waals surface area contributed by atoms with Crippen LogP contribution in [0.4, 0.5) is 11.5 Å². The Morgan fingerprint density at radius 1 is 0.967 bits per heavy atom. The first-order valence-corrected chi connectivity index (χ1v) is 9.77. The van der Waals surface area contributed by atoms with E-state index in [-0.39, 0.29) is 11.6 Å². The van der Waals surface area contributed by atoms with Crippen molar-refractivity contribution >= 4 is 29.0 Å². The third-order valence-electron chi connectivity index (χ3n) is 4.99. The summed E-state index contributed by atoms with van der Waals surface area (Å²) in [6.45, 7) is 2.22. The lowest BCUT2D eigenvalue weighted by atomic mass is 10.1. The Morgan fingerprint density at radius 3 is 2.33 bits per heavy atom. The number of carbonyl (C=O) groups is 1. The number of nitro groups is 1. The number of halogens is 1. The number of anilines is 1. The number of aromatic nitrogens is 2. The van der Waals surface area contributed by atoms with Crippen LogP contribution in [0.5, 0.6) is 0 Å². The lowest BCUT2D eigenvalue weighted by molar-refractivity contribution is -0.384. The van der Waals surface area contributed by atoms with Gasteiger partial charge >= 0.3 is 0 Å². The number of carbonyl (C=O) groups excluding carboxylic acids is 1. The molecule has 0 atom stereocenters. The van der Waals surface area contributed by atoms with E-state index in [4.69, 9.17) is 11.6 Å². The van der Waals surface area contributed by atoms with Crippen molar-refractivity contribution in [3.05, 3.63) is 81.4 Å². The first kappa shape index (κ1) is 19.8. The molecule has 2 heterocycles. The minimum absolute atomic E-state index is 0.0875. The molecular weight excluding hydrogens is 406 g/mol. The maximum atomic E-state index is 12.7. The van der Waals surface area contributed by atoms with Gasteiger partial charge in [-0.05, 0) is 30.3 Å². The average Bonchev–Trinajstić information content (AvgIpc) is 2.79. The van der Waals surface area contributed by atoms with Crippen LogP contribution in [0.1, 0.15) is 10.4 Å². The Hall–Kier alpha value is -3.52. The van der Waals surface area contributed by atoms with Crippen molar-refractivity contribution in [2.24, 2.45) is 0 Å². The zero-order chi connectivity index (χ0) is 21.1. The molecule has 2 aromatic carbocycles. The van der Waals surface area contributed by atoms with Gasteiger partial charge in [0.25, 0.3) is 11.6 Å². The largest absolute Gasteiger partial charge is 0.352 e. The number of benzene rings is 2. The third kappa shape index (κ3) is 4.23. The third-order valence-corrected chi connectivity index (χ3v) is 5.24. The van der Waals surface area contributed by atoms with Crippen molar-refractivity contribution in [2.75, 3.05) is 31.1 Å². The highest BCUT2D eigenvalue weighted by Gasteiger charge is 2.24. The Kier molecular flexibility index (Phi) is 5.58. The van der Waals surface area contributed by atoms with Crippen LogP contribution in [0, 0.1) is 10.1 Å². The second-order valence-corrected chi connectivity index (χ2v) is 7.31.